The average molecular weight is 411 g/mol. The smallest absolute Gasteiger partial charge is 0.419 e. The maximum absolute atomic E-state index is 12.8. The summed E-state index contributed by atoms with van der Waals surface area (Å²) in [5.41, 5.74) is -0.892. The number of anilines is 1. The van der Waals surface area contributed by atoms with Crippen LogP contribution in [0.2, 0.25) is 0 Å². The van der Waals surface area contributed by atoms with Crippen LogP contribution in [0.1, 0.15) is 15.9 Å². The van der Waals surface area contributed by atoms with E-state index in [9.17, 15) is 28.1 Å². The Kier molecular flexibility index (Phi) is 5.57. The lowest BCUT2D eigenvalue weighted by atomic mass is 10.1. The van der Waals surface area contributed by atoms with E-state index < -0.39 is 22.6 Å². The summed E-state index contributed by atoms with van der Waals surface area (Å²) in [6.07, 6.45) is -3.52. The van der Waals surface area contributed by atoms with Gasteiger partial charge in [0.15, 0.2) is 0 Å². The van der Waals surface area contributed by atoms with E-state index in [1.165, 1.54) is 36.3 Å². The number of methoxy groups -OCH3 is 1. The van der Waals surface area contributed by atoms with E-state index in [0.717, 1.165) is 12.3 Å². The number of rotatable bonds is 4. The van der Waals surface area contributed by atoms with Crippen molar-refractivity contribution in [3.05, 3.63) is 57.8 Å². The number of hydrogen-bond acceptors (Lipinski definition) is 5. The van der Waals surface area contributed by atoms with Crippen LogP contribution in [0.5, 0.6) is 5.75 Å². The molecule has 1 aromatic heterocycles. The Morgan fingerprint density at radius 1 is 1.17 bits per heavy atom. The Hall–Kier alpha value is -3.37. The maximum atomic E-state index is 12.8. The van der Waals surface area contributed by atoms with Gasteiger partial charge >= 0.3 is 6.18 Å². The summed E-state index contributed by atoms with van der Waals surface area (Å²) in [6, 6.07) is 6.16. The fourth-order valence-corrected chi connectivity index (χ4v) is 3.09. The first kappa shape index (κ1) is 20.4. The van der Waals surface area contributed by atoms with Gasteiger partial charge in [0, 0.05) is 18.2 Å². The number of piperazine rings is 1. The quantitative estimate of drug-likeness (QED) is 0.569. The molecule has 11 heteroatoms. The van der Waals surface area contributed by atoms with E-state index in [-0.39, 0.29) is 17.0 Å². The highest BCUT2D eigenvalue weighted by Crippen LogP contribution is 2.29. The number of nitrogens with zero attached hydrogens (tertiary/aromatic N) is 3. The van der Waals surface area contributed by atoms with Gasteiger partial charge in [0.05, 0.1) is 36.2 Å². The molecule has 154 valence electrons. The zero-order valence-electron chi connectivity index (χ0n) is 15.4. The van der Waals surface area contributed by atoms with E-state index >= 15 is 0 Å². The summed E-state index contributed by atoms with van der Waals surface area (Å²) in [7, 11) is 1.37. The molecular formula is C18H18F3N4O4+. The molecule has 0 aliphatic carbocycles. The summed E-state index contributed by atoms with van der Waals surface area (Å²) in [4.78, 5) is 29.2. The van der Waals surface area contributed by atoms with E-state index in [2.05, 4.69) is 4.98 Å². The first-order valence-electron chi connectivity index (χ1n) is 8.66. The molecule has 2 aromatic rings. The Morgan fingerprint density at radius 2 is 1.86 bits per heavy atom. The predicted octanol–water partition coefficient (Wildman–Crippen LogP) is 2.40. The zero-order chi connectivity index (χ0) is 21.2. The molecule has 1 aliphatic rings. The number of nitro groups is 1. The molecule has 0 radical (unpaired) electrons. The Bertz CT molecular complexity index is 910. The number of pyridine rings is 1. The first-order chi connectivity index (χ1) is 13.7. The van der Waals surface area contributed by atoms with Crippen molar-refractivity contribution in [1.29, 1.82) is 0 Å². The van der Waals surface area contributed by atoms with Crippen LogP contribution in [0.4, 0.5) is 24.7 Å². The molecule has 8 nitrogen and oxygen atoms in total. The topological polar surface area (TPSA) is 90.1 Å². The number of carbonyl (C=O) groups excluding carboxylic acids is 1. The molecule has 1 aliphatic heterocycles. The highest BCUT2D eigenvalue weighted by atomic mass is 19.4. The molecule has 0 spiro atoms. The predicted molar refractivity (Wildman–Crippen MR) is 95.8 cm³/mol. The number of benzene rings is 1. The molecular weight excluding hydrogens is 393 g/mol. The van der Waals surface area contributed by atoms with Crippen LogP contribution in [0.15, 0.2) is 36.5 Å². The van der Waals surface area contributed by atoms with Crippen molar-refractivity contribution in [2.75, 3.05) is 38.2 Å². The van der Waals surface area contributed by atoms with Gasteiger partial charge in [0.1, 0.15) is 25.0 Å². The SMILES string of the molecule is COc1ccc([N+](=O)[O-])cc1C(=O)N1CCN(c2ccc(C(F)(F)F)c[nH+]2)CC1. The molecule has 1 amide bonds. The third kappa shape index (κ3) is 4.39. The number of ether oxygens (including phenoxy) is 1. The molecule has 0 unspecified atom stereocenters. The number of non-ortho nitro benzene ring substituents is 1. The fourth-order valence-electron chi connectivity index (χ4n) is 3.09. The molecule has 0 saturated carbocycles. The van der Waals surface area contributed by atoms with Crippen molar-refractivity contribution in [3.63, 3.8) is 0 Å². The highest BCUT2D eigenvalue weighted by molar-refractivity contribution is 5.97. The van der Waals surface area contributed by atoms with Crippen molar-refractivity contribution in [2.24, 2.45) is 0 Å². The van der Waals surface area contributed by atoms with Crippen molar-refractivity contribution < 1.29 is 32.6 Å². The van der Waals surface area contributed by atoms with Gasteiger partial charge in [-0.2, -0.15) is 13.2 Å². The van der Waals surface area contributed by atoms with E-state index in [1.807, 2.05) is 4.90 Å². The summed E-state index contributed by atoms with van der Waals surface area (Å²) in [6.45, 7) is 1.40. The van der Waals surface area contributed by atoms with Crippen LogP contribution in [-0.4, -0.2) is 49.0 Å². The van der Waals surface area contributed by atoms with Crippen molar-refractivity contribution in [1.82, 2.24) is 4.90 Å². The maximum Gasteiger partial charge on any atom is 0.419 e. The van der Waals surface area contributed by atoms with Crippen molar-refractivity contribution in [3.8, 4) is 5.75 Å². The highest BCUT2D eigenvalue weighted by Gasteiger charge is 2.33. The van der Waals surface area contributed by atoms with Gasteiger partial charge in [0.25, 0.3) is 17.4 Å². The Labute approximate surface area is 163 Å². The van der Waals surface area contributed by atoms with Gasteiger partial charge in [-0.25, -0.2) is 4.98 Å². The van der Waals surface area contributed by atoms with E-state index in [1.54, 1.807) is 0 Å². The lowest BCUT2D eigenvalue weighted by molar-refractivity contribution is -0.384. The van der Waals surface area contributed by atoms with Gasteiger partial charge in [-0.15, -0.1) is 0 Å². The van der Waals surface area contributed by atoms with Crippen LogP contribution < -0.4 is 14.6 Å². The lowest BCUT2D eigenvalue weighted by Gasteiger charge is -2.31. The Morgan fingerprint density at radius 3 is 2.38 bits per heavy atom. The number of hydrogen-bond donors (Lipinski definition) is 0. The third-order valence-corrected chi connectivity index (χ3v) is 4.66. The standard InChI is InChI=1S/C18H17F3N4O4/c1-29-15-4-3-13(25(27)28)10-14(15)17(26)24-8-6-23(7-9-24)16-5-2-12(11-22-16)18(19,20)21/h2-5,10-11H,6-9H2,1H3/p+1. The molecule has 29 heavy (non-hydrogen) atoms. The van der Waals surface area contributed by atoms with Crippen LogP contribution in [0.3, 0.4) is 0 Å². The second-order valence-electron chi connectivity index (χ2n) is 6.38. The van der Waals surface area contributed by atoms with E-state index in [4.69, 9.17) is 4.74 Å². The number of nitrogens with one attached hydrogen (secondary N) is 1. The van der Waals surface area contributed by atoms with Gasteiger partial charge in [-0.05, 0) is 12.1 Å². The number of nitro benzene ring substituents is 1. The Balaban J connectivity index is 1.70. The van der Waals surface area contributed by atoms with Crippen LogP contribution >= 0.6 is 0 Å². The molecule has 0 bridgehead atoms. The van der Waals surface area contributed by atoms with Gasteiger partial charge in [-0.1, -0.05) is 0 Å². The van der Waals surface area contributed by atoms with Crippen LogP contribution in [0, 0.1) is 10.1 Å². The number of H-pyrrole nitrogens is 1. The minimum Gasteiger partial charge on any atom is -0.496 e. The van der Waals surface area contributed by atoms with Gasteiger partial charge < -0.3 is 9.64 Å². The molecule has 3 rings (SSSR count). The number of aromatic nitrogens is 1. The second kappa shape index (κ2) is 7.94. The first-order valence-corrected chi connectivity index (χ1v) is 8.66. The minimum absolute atomic E-state index is 0.0937. The molecule has 1 fully saturated rings. The van der Waals surface area contributed by atoms with Crippen molar-refractivity contribution in [2.45, 2.75) is 6.18 Å². The number of amides is 1. The molecule has 1 aromatic carbocycles. The zero-order valence-corrected chi connectivity index (χ0v) is 15.4. The van der Waals surface area contributed by atoms with Gasteiger partial charge in [0.2, 0.25) is 0 Å². The molecule has 1 N–H and O–H groups in total. The monoisotopic (exact) mass is 411 g/mol. The number of halogens is 3. The third-order valence-electron chi connectivity index (χ3n) is 4.66. The normalized spacial score (nSPS) is 14.6. The second-order valence-corrected chi connectivity index (χ2v) is 6.38. The summed E-state index contributed by atoms with van der Waals surface area (Å²) in [5, 5.41) is 11.0. The minimum atomic E-state index is -4.42. The van der Waals surface area contributed by atoms with Gasteiger partial charge in [-0.3, -0.25) is 19.8 Å². The van der Waals surface area contributed by atoms with E-state index in [0.29, 0.717) is 32.0 Å². The number of alkyl halides is 3. The number of aromatic amines is 1. The summed E-state index contributed by atoms with van der Waals surface area (Å²) in [5.74, 6) is 0.346. The number of carbonyl (C=O) groups is 1. The average Bonchev–Trinajstić information content (AvgIpc) is 2.72. The fraction of sp³-hybridized carbons (Fsp3) is 0.333. The largest absolute Gasteiger partial charge is 0.496 e. The molecule has 1 saturated heterocycles. The molecule has 0 atom stereocenters. The van der Waals surface area contributed by atoms with Crippen LogP contribution in [0.25, 0.3) is 0 Å². The van der Waals surface area contributed by atoms with Crippen LogP contribution in [-0.2, 0) is 6.18 Å². The summed E-state index contributed by atoms with van der Waals surface area (Å²) >= 11 is 0. The summed E-state index contributed by atoms with van der Waals surface area (Å²) < 4.78 is 43.2. The molecule has 2 heterocycles. The van der Waals surface area contributed by atoms with Crippen molar-refractivity contribution >= 4 is 17.4 Å². The lowest BCUT2D eigenvalue weighted by Crippen LogP contribution is -2.50.